The molecule has 0 amide bonds. The molecule has 24 heavy (non-hydrogen) atoms. The maximum Gasteiger partial charge on any atom is 0.240 e. The molecule has 1 aromatic carbocycles. The summed E-state index contributed by atoms with van der Waals surface area (Å²) in [6, 6.07) is 3.66. The van der Waals surface area contributed by atoms with E-state index in [0.717, 1.165) is 24.6 Å². The third-order valence-corrected chi connectivity index (χ3v) is 6.56. The van der Waals surface area contributed by atoms with Crippen LogP contribution in [0, 0.1) is 19.8 Å². The number of benzene rings is 1. The van der Waals surface area contributed by atoms with E-state index >= 15 is 0 Å². The maximum absolute atomic E-state index is 12.7. The first-order valence-electron chi connectivity index (χ1n) is 8.63. The van der Waals surface area contributed by atoms with Gasteiger partial charge in [-0.3, -0.25) is 4.90 Å². The van der Waals surface area contributed by atoms with Gasteiger partial charge in [-0.1, -0.05) is 6.92 Å². The van der Waals surface area contributed by atoms with Gasteiger partial charge < -0.3 is 4.74 Å². The molecule has 2 rings (SSSR count). The monoisotopic (exact) mass is 354 g/mol. The molecule has 0 aromatic heterocycles. The molecule has 1 aliphatic heterocycles. The van der Waals surface area contributed by atoms with Crippen molar-refractivity contribution in [1.29, 1.82) is 0 Å². The fourth-order valence-corrected chi connectivity index (χ4v) is 4.61. The fourth-order valence-electron chi connectivity index (χ4n) is 3.18. The molecule has 1 heterocycles. The van der Waals surface area contributed by atoms with Crippen LogP contribution in [0.2, 0.25) is 0 Å². The van der Waals surface area contributed by atoms with Gasteiger partial charge in [0.2, 0.25) is 10.0 Å². The molecule has 6 heteroatoms. The molecular formula is C18H30N2O3S. The second-order valence-electron chi connectivity index (χ2n) is 7.01. The molecule has 0 bridgehead atoms. The highest BCUT2D eigenvalue weighted by atomic mass is 32.2. The first kappa shape index (κ1) is 19.2. The fraction of sp³-hybridized carbons (Fsp3) is 0.667. The van der Waals surface area contributed by atoms with E-state index in [1.807, 2.05) is 6.92 Å². The molecular weight excluding hydrogens is 324 g/mol. The van der Waals surface area contributed by atoms with Gasteiger partial charge in [0.1, 0.15) is 5.75 Å². The Labute approximate surface area is 146 Å². The number of sulfonamides is 1. The third-order valence-electron chi connectivity index (χ3n) is 4.99. The quantitative estimate of drug-likeness (QED) is 0.853. The van der Waals surface area contributed by atoms with E-state index in [1.165, 1.54) is 12.8 Å². The van der Waals surface area contributed by atoms with Crippen molar-refractivity contribution in [2.45, 2.75) is 51.5 Å². The molecule has 5 nitrogen and oxygen atoms in total. The molecule has 0 aliphatic carbocycles. The van der Waals surface area contributed by atoms with Gasteiger partial charge in [-0.15, -0.1) is 0 Å². The number of rotatable bonds is 6. The van der Waals surface area contributed by atoms with Crippen LogP contribution in [-0.2, 0) is 10.0 Å². The molecule has 1 saturated heterocycles. The van der Waals surface area contributed by atoms with E-state index in [9.17, 15) is 8.42 Å². The van der Waals surface area contributed by atoms with Gasteiger partial charge in [-0.2, -0.15) is 0 Å². The van der Waals surface area contributed by atoms with Crippen molar-refractivity contribution in [3.63, 3.8) is 0 Å². The molecule has 0 radical (unpaired) electrons. The predicted octanol–water partition coefficient (Wildman–Crippen LogP) is 2.71. The Hall–Kier alpha value is -1.11. The van der Waals surface area contributed by atoms with Crippen LogP contribution in [-0.4, -0.2) is 46.1 Å². The molecule has 1 aliphatic rings. The van der Waals surface area contributed by atoms with Gasteiger partial charge in [0.05, 0.1) is 12.0 Å². The lowest BCUT2D eigenvalue weighted by molar-refractivity contribution is 0.148. The summed E-state index contributed by atoms with van der Waals surface area (Å²) in [7, 11) is -1.92. The highest BCUT2D eigenvalue weighted by molar-refractivity contribution is 7.89. The highest BCUT2D eigenvalue weighted by Crippen LogP contribution is 2.25. The minimum Gasteiger partial charge on any atom is -0.496 e. The summed E-state index contributed by atoms with van der Waals surface area (Å²) < 4.78 is 33.4. The number of hydrogen-bond donors (Lipinski definition) is 1. The maximum atomic E-state index is 12.7. The van der Waals surface area contributed by atoms with E-state index in [-0.39, 0.29) is 6.04 Å². The van der Waals surface area contributed by atoms with Gasteiger partial charge in [0.15, 0.2) is 0 Å². The van der Waals surface area contributed by atoms with Crippen molar-refractivity contribution in [2.24, 2.45) is 5.92 Å². The average molecular weight is 355 g/mol. The van der Waals surface area contributed by atoms with E-state index in [2.05, 4.69) is 23.5 Å². The number of ether oxygens (including phenoxy) is 1. The van der Waals surface area contributed by atoms with E-state index in [1.54, 1.807) is 26.2 Å². The number of methoxy groups -OCH3 is 1. The lowest BCUT2D eigenvalue weighted by Crippen LogP contribution is -2.45. The highest BCUT2D eigenvalue weighted by Gasteiger charge is 2.23. The topological polar surface area (TPSA) is 58.6 Å². The summed E-state index contributed by atoms with van der Waals surface area (Å²) in [5, 5.41) is 0. The van der Waals surface area contributed by atoms with Crippen LogP contribution in [0.3, 0.4) is 0 Å². The Morgan fingerprint density at radius 3 is 2.46 bits per heavy atom. The van der Waals surface area contributed by atoms with Crippen LogP contribution in [0.15, 0.2) is 17.0 Å². The molecule has 1 aromatic rings. The largest absolute Gasteiger partial charge is 0.496 e. The Kier molecular flexibility index (Phi) is 6.28. The Morgan fingerprint density at radius 2 is 1.88 bits per heavy atom. The third kappa shape index (κ3) is 4.49. The lowest BCUT2D eigenvalue weighted by Gasteiger charge is -2.35. The van der Waals surface area contributed by atoms with Crippen LogP contribution in [0.5, 0.6) is 5.75 Å². The first-order chi connectivity index (χ1) is 11.2. The summed E-state index contributed by atoms with van der Waals surface area (Å²) in [5.74, 6) is 1.48. The Balaban J connectivity index is 2.05. The standard InChI is InChI=1S/C18H30N2O3S/c1-13-6-8-20(9-7-13)16(4)12-19-24(21,22)18-11-14(2)17(23-5)10-15(18)3/h10-11,13,16,19H,6-9,12H2,1-5H3. The van der Waals surface area contributed by atoms with Crippen molar-refractivity contribution in [3.05, 3.63) is 23.3 Å². The SMILES string of the molecule is COc1cc(C)c(S(=O)(=O)NCC(C)N2CCC(C)CC2)cc1C. The second kappa shape index (κ2) is 7.85. The number of nitrogens with zero attached hydrogens (tertiary/aromatic N) is 1. The van der Waals surface area contributed by atoms with Crippen molar-refractivity contribution in [1.82, 2.24) is 9.62 Å². The summed E-state index contributed by atoms with van der Waals surface area (Å²) in [6.07, 6.45) is 2.38. The molecule has 0 spiro atoms. The van der Waals surface area contributed by atoms with Crippen molar-refractivity contribution in [2.75, 3.05) is 26.7 Å². The van der Waals surface area contributed by atoms with Crippen molar-refractivity contribution >= 4 is 10.0 Å². The summed E-state index contributed by atoms with van der Waals surface area (Å²) >= 11 is 0. The van der Waals surface area contributed by atoms with Gasteiger partial charge in [-0.05, 0) is 75.9 Å². The number of hydrogen-bond acceptors (Lipinski definition) is 4. The lowest BCUT2D eigenvalue weighted by atomic mass is 9.98. The predicted molar refractivity (Wildman–Crippen MR) is 97.1 cm³/mol. The molecule has 1 fully saturated rings. The van der Waals surface area contributed by atoms with E-state index in [4.69, 9.17) is 4.74 Å². The summed E-state index contributed by atoms with van der Waals surface area (Å²) in [5.41, 5.74) is 1.52. The van der Waals surface area contributed by atoms with E-state index in [0.29, 0.717) is 22.8 Å². The Morgan fingerprint density at radius 1 is 1.25 bits per heavy atom. The van der Waals surface area contributed by atoms with Gasteiger partial charge in [0, 0.05) is 12.6 Å². The van der Waals surface area contributed by atoms with Crippen molar-refractivity contribution < 1.29 is 13.2 Å². The normalized spacial score (nSPS) is 18.5. The smallest absolute Gasteiger partial charge is 0.240 e. The molecule has 0 saturated carbocycles. The number of aryl methyl sites for hydroxylation is 2. The average Bonchev–Trinajstić information content (AvgIpc) is 2.55. The zero-order chi connectivity index (χ0) is 17.9. The molecule has 1 N–H and O–H groups in total. The second-order valence-corrected chi connectivity index (χ2v) is 8.74. The number of nitrogens with one attached hydrogen (secondary N) is 1. The van der Waals surface area contributed by atoms with Crippen LogP contribution in [0.25, 0.3) is 0 Å². The van der Waals surface area contributed by atoms with E-state index < -0.39 is 10.0 Å². The van der Waals surface area contributed by atoms with Crippen molar-refractivity contribution in [3.8, 4) is 5.75 Å². The number of piperidine rings is 1. The summed E-state index contributed by atoms with van der Waals surface area (Å²) in [4.78, 5) is 2.70. The van der Waals surface area contributed by atoms with Crippen LogP contribution < -0.4 is 9.46 Å². The number of likely N-dealkylation sites (tertiary alicyclic amines) is 1. The van der Waals surface area contributed by atoms with Gasteiger partial charge >= 0.3 is 0 Å². The minimum atomic E-state index is -3.52. The molecule has 1 atom stereocenters. The van der Waals surface area contributed by atoms with Crippen LogP contribution >= 0.6 is 0 Å². The first-order valence-corrected chi connectivity index (χ1v) is 10.1. The van der Waals surface area contributed by atoms with Crippen LogP contribution in [0.1, 0.15) is 37.8 Å². The molecule has 1 unspecified atom stereocenters. The van der Waals surface area contributed by atoms with Crippen LogP contribution in [0.4, 0.5) is 0 Å². The van der Waals surface area contributed by atoms with Gasteiger partial charge in [-0.25, -0.2) is 13.1 Å². The molecule has 136 valence electrons. The van der Waals surface area contributed by atoms with Gasteiger partial charge in [0.25, 0.3) is 0 Å². The zero-order valence-electron chi connectivity index (χ0n) is 15.4. The summed E-state index contributed by atoms with van der Waals surface area (Å²) in [6.45, 7) is 10.5. The Bertz CT molecular complexity index is 665. The minimum absolute atomic E-state index is 0.201. The zero-order valence-corrected chi connectivity index (χ0v) is 16.2.